The fourth-order valence-electron chi connectivity index (χ4n) is 2.44. The van der Waals surface area contributed by atoms with Gasteiger partial charge in [0.2, 0.25) is 0 Å². The lowest BCUT2D eigenvalue weighted by molar-refractivity contribution is 0.412. The van der Waals surface area contributed by atoms with Crippen LogP contribution in [-0.4, -0.2) is 16.7 Å². The van der Waals surface area contributed by atoms with Crippen molar-refractivity contribution in [2.75, 3.05) is 7.11 Å². The van der Waals surface area contributed by atoms with Gasteiger partial charge in [-0.2, -0.15) is 0 Å². The largest absolute Gasteiger partial charge is 0.496 e. The molecule has 0 radical (unpaired) electrons. The van der Waals surface area contributed by atoms with Crippen LogP contribution >= 0.6 is 15.9 Å². The molecule has 0 spiro atoms. The number of aromatic nitrogens is 2. The van der Waals surface area contributed by atoms with E-state index in [0.29, 0.717) is 6.54 Å². The van der Waals surface area contributed by atoms with Crippen LogP contribution in [0.2, 0.25) is 0 Å². The third kappa shape index (κ3) is 2.43. The van der Waals surface area contributed by atoms with Gasteiger partial charge >= 0.3 is 0 Å². The van der Waals surface area contributed by atoms with Crippen molar-refractivity contribution >= 4 is 27.0 Å². The van der Waals surface area contributed by atoms with Gasteiger partial charge in [-0.3, -0.25) is 0 Å². The normalized spacial score (nSPS) is 11.0. The molecule has 1 heterocycles. The van der Waals surface area contributed by atoms with Crippen molar-refractivity contribution in [3.8, 4) is 17.1 Å². The molecule has 21 heavy (non-hydrogen) atoms. The summed E-state index contributed by atoms with van der Waals surface area (Å²) in [6.07, 6.45) is 0. The van der Waals surface area contributed by atoms with Gasteiger partial charge in [0.05, 0.1) is 22.6 Å². The minimum atomic E-state index is 0.524. The van der Waals surface area contributed by atoms with E-state index in [1.807, 2.05) is 37.4 Å². The number of halogens is 1. The van der Waals surface area contributed by atoms with E-state index < -0.39 is 0 Å². The molecule has 108 valence electrons. The Morgan fingerprint density at radius 1 is 1.24 bits per heavy atom. The molecule has 2 aromatic carbocycles. The Hall–Kier alpha value is -1.85. The second kappa shape index (κ2) is 5.50. The lowest BCUT2D eigenvalue weighted by Crippen LogP contribution is -1.96. The number of nitrogens with zero attached hydrogens (tertiary/aromatic N) is 2. The quantitative estimate of drug-likeness (QED) is 0.790. The number of hydrogen-bond donors (Lipinski definition) is 1. The monoisotopic (exact) mass is 345 g/mol. The molecule has 0 atom stereocenters. The number of rotatable bonds is 3. The number of fused-ring (bicyclic) bond motifs is 1. The summed E-state index contributed by atoms with van der Waals surface area (Å²) in [6.45, 7) is 0.524. The molecule has 3 rings (SSSR count). The van der Waals surface area contributed by atoms with E-state index in [2.05, 4.69) is 26.6 Å². The second-order valence-electron chi connectivity index (χ2n) is 4.87. The first kappa shape index (κ1) is 14.1. The van der Waals surface area contributed by atoms with Crippen molar-refractivity contribution in [1.29, 1.82) is 0 Å². The Bertz CT molecular complexity index is 811. The predicted molar refractivity (Wildman–Crippen MR) is 88.3 cm³/mol. The average molecular weight is 346 g/mol. The van der Waals surface area contributed by atoms with Crippen LogP contribution in [0.5, 0.6) is 5.75 Å². The summed E-state index contributed by atoms with van der Waals surface area (Å²) in [5, 5.41) is 0. The highest BCUT2D eigenvalue weighted by molar-refractivity contribution is 9.10. The van der Waals surface area contributed by atoms with Crippen molar-refractivity contribution in [1.82, 2.24) is 9.55 Å². The number of ether oxygens (including phenoxy) is 1. The SMILES string of the molecule is COc1ccc(-c2nc3cc(CN)ccc3n2C)cc1Br. The zero-order valence-electron chi connectivity index (χ0n) is 11.9. The summed E-state index contributed by atoms with van der Waals surface area (Å²) >= 11 is 3.52. The molecular weight excluding hydrogens is 330 g/mol. The topological polar surface area (TPSA) is 53.1 Å². The van der Waals surface area contributed by atoms with Gasteiger partial charge in [0.1, 0.15) is 11.6 Å². The number of nitrogens with two attached hydrogens (primary N) is 1. The van der Waals surface area contributed by atoms with Crippen LogP contribution in [0, 0.1) is 0 Å². The Balaban J connectivity index is 2.16. The van der Waals surface area contributed by atoms with Gasteiger partial charge in [-0.05, 0) is 51.8 Å². The molecule has 3 aromatic rings. The van der Waals surface area contributed by atoms with Crippen molar-refractivity contribution in [2.24, 2.45) is 12.8 Å². The van der Waals surface area contributed by atoms with Crippen LogP contribution in [0.4, 0.5) is 0 Å². The summed E-state index contributed by atoms with van der Waals surface area (Å²) in [6, 6.07) is 12.1. The van der Waals surface area contributed by atoms with Crippen LogP contribution in [0.25, 0.3) is 22.4 Å². The van der Waals surface area contributed by atoms with Crippen LogP contribution in [0.15, 0.2) is 40.9 Å². The third-order valence-corrected chi connectivity index (χ3v) is 4.21. The van der Waals surface area contributed by atoms with Crippen LogP contribution in [0.1, 0.15) is 5.56 Å². The fourth-order valence-corrected chi connectivity index (χ4v) is 2.98. The Labute approximate surface area is 131 Å². The molecule has 5 heteroatoms. The van der Waals surface area contributed by atoms with Gasteiger partial charge in [-0.1, -0.05) is 6.07 Å². The fraction of sp³-hybridized carbons (Fsp3) is 0.188. The molecule has 0 fully saturated rings. The first-order chi connectivity index (χ1) is 10.1. The molecule has 1 aromatic heterocycles. The summed E-state index contributed by atoms with van der Waals surface area (Å²) in [4.78, 5) is 4.73. The van der Waals surface area contributed by atoms with Gasteiger partial charge in [-0.25, -0.2) is 4.98 Å². The molecule has 0 unspecified atom stereocenters. The molecule has 0 aliphatic carbocycles. The zero-order chi connectivity index (χ0) is 15.0. The number of hydrogen-bond acceptors (Lipinski definition) is 3. The third-order valence-electron chi connectivity index (χ3n) is 3.59. The van der Waals surface area contributed by atoms with Crippen molar-refractivity contribution in [3.05, 3.63) is 46.4 Å². The first-order valence-corrected chi connectivity index (χ1v) is 7.42. The summed E-state index contributed by atoms with van der Waals surface area (Å²) in [5.74, 6) is 1.73. The first-order valence-electron chi connectivity index (χ1n) is 6.63. The summed E-state index contributed by atoms with van der Waals surface area (Å²) in [5.41, 5.74) is 9.87. The maximum Gasteiger partial charge on any atom is 0.140 e. The smallest absolute Gasteiger partial charge is 0.140 e. The van der Waals surface area contributed by atoms with E-state index in [1.165, 1.54) is 0 Å². The molecule has 0 aliphatic rings. The van der Waals surface area contributed by atoms with Gasteiger partial charge in [0.25, 0.3) is 0 Å². The van der Waals surface area contributed by atoms with E-state index in [9.17, 15) is 0 Å². The average Bonchev–Trinajstić information content (AvgIpc) is 2.83. The Kier molecular flexibility index (Phi) is 3.69. The van der Waals surface area contributed by atoms with E-state index in [0.717, 1.165) is 38.2 Å². The molecule has 0 aliphatic heterocycles. The van der Waals surface area contributed by atoms with Gasteiger partial charge < -0.3 is 15.0 Å². The minimum absolute atomic E-state index is 0.524. The summed E-state index contributed by atoms with van der Waals surface area (Å²) in [7, 11) is 3.67. The van der Waals surface area contributed by atoms with Crippen LogP contribution in [-0.2, 0) is 13.6 Å². The molecule has 2 N–H and O–H groups in total. The highest BCUT2D eigenvalue weighted by Crippen LogP contribution is 2.31. The van der Waals surface area contributed by atoms with Crippen molar-refractivity contribution in [2.45, 2.75) is 6.54 Å². The van der Waals surface area contributed by atoms with Crippen molar-refractivity contribution in [3.63, 3.8) is 0 Å². The highest BCUT2D eigenvalue weighted by atomic mass is 79.9. The van der Waals surface area contributed by atoms with E-state index >= 15 is 0 Å². The molecule has 0 amide bonds. The molecule has 0 bridgehead atoms. The standard InChI is InChI=1S/C16H16BrN3O/c1-20-14-5-3-10(9-18)7-13(14)19-16(20)11-4-6-15(21-2)12(17)8-11/h3-8H,9,18H2,1-2H3. The Morgan fingerprint density at radius 2 is 2.05 bits per heavy atom. The number of aryl methyl sites for hydroxylation is 1. The van der Waals surface area contributed by atoms with Gasteiger partial charge in [0.15, 0.2) is 0 Å². The predicted octanol–water partition coefficient (Wildman–Crippen LogP) is 3.47. The maximum atomic E-state index is 5.69. The minimum Gasteiger partial charge on any atom is -0.496 e. The lowest BCUT2D eigenvalue weighted by Gasteiger charge is -2.06. The molecular formula is C16H16BrN3O. The van der Waals surface area contributed by atoms with Crippen LogP contribution < -0.4 is 10.5 Å². The van der Waals surface area contributed by atoms with Crippen molar-refractivity contribution < 1.29 is 4.74 Å². The van der Waals surface area contributed by atoms with E-state index in [-0.39, 0.29) is 0 Å². The van der Waals surface area contributed by atoms with Gasteiger partial charge in [0, 0.05) is 19.2 Å². The summed E-state index contributed by atoms with van der Waals surface area (Å²) < 4.78 is 8.27. The number of imidazole rings is 1. The number of methoxy groups -OCH3 is 1. The molecule has 0 saturated carbocycles. The van der Waals surface area contributed by atoms with E-state index in [4.69, 9.17) is 15.5 Å². The second-order valence-corrected chi connectivity index (χ2v) is 5.73. The molecule has 0 saturated heterocycles. The lowest BCUT2D eigenvalue weighted by atomic mass is 10.2. The van der Waals surface area contributed by atoms with E-state index in [1.54, 1.807) is 7.11 Å². The Morgan fingerprint density at radius 3 is 2.71 bits per heavy atom. The highest BCUT2D eigenvalue weighted by Gasteiger charge is 2.12. The van der Waals surface area contributed by atoms with Gasteiger partial charge in [-0.15, -0.1) is 0 Å². The maximum absolute atomic E-state index is 5.69. The molecule has 4 nitrogen and oxygen atoms in total. The van der Waals surface area contributed by atoms with Crippen LogP contribution in [0.3, 0.4) is 0 Å². The zero-order valence-corrected chi connectivity index (χ0v) is 13.5. The number of benzene rings is 2.